The molecule has 8 heteroatoms. The van der Waals surface area contributed by atoms with E-state index in [0.717, 1.165) is 6.42 Å². The number of nitrogens with zero attached hydrogens (tertiary/aromatic N) is 1. The Kier molecular flexibility index (Phi) is 4.38. The number of rotatable bonds is 3. The van der Waals surface area contributed by atoms with E-state index >= 15 is 0 Å². The predicted molar refractivity (Wildman–Crippen MR) is 104 cm³/mol. The van der Waals surface area contributed by atoms with Crippen LogP contribution in [-0.2, 0) is 9.59 Å². The highest BCUT2D eigenvalue weighted by molar-refractivity contribution is 6.03. The Morgan fingerprint density at radius 2 is 1.66 bits per heavy atom. The van der Waals surface area contributed by atoms with Crippen molar-refractivity contribution in [2.75, 3.05) is 36.8 Å². The van der Waals surface area contributed by atoms with Gasteiger partial charge in [-0.15, -0.1) is 0 Å². The fourth-order valence-corrected chi connectivity index (χ4v) is 3.67. The molecule has 1 fully saturated rings. The molecule has 150 valence electrons. The van der Waals surface area contributed by atoms with E-state index in [9.17, 15) is 9.59 Å². The molecule has 3 heterocycles. The van der Waals surface area contributed by atoms with Gasteiger partial charge in [0.25, 0.3) is 0 Å². The van der Waals surface area contributed by atoms with Gasteiger partial charge in [0.15, 0.2) is 23.0 Å². The first kappa shape index (κ1) is 17.7. The van der Waals surface area contributed by atoms with Crippen LogP contribution >= 0.6 is 0 Å². The molecule has 2 aromatic carbocycles. The molecule has 1 unspecified atom stereocenters. The molecule has 0 spiro atoms. The van der Waals surface area contributed by atoms with E-state index in [4.69, 9.17) is 18.9 Å². The molecule has 0 bridgehead atoms. The van der Waals surface area contributed by atoms with Crippen molar-refractivity contribution in [2.24, 2.45) is 5.92 Å². The second kappa shape index (κ2) is 7.20. The third-order valence-corrected chi connectivity index (χ3v) is 5.18. The molecular weight excluding hydrogens is 376 g/mol. The van der Waals surface area contributed by atoms with Gasteiger partial charge in [-0.1, -0.05) is 0 Å². The molecule has 0 aliphatic carbocycles. The largest absolute Gasteiger partial charge is 0.490 e. The Bertz CT molecular complexity index is 976. The summed E-state index contributed by atoms with van der Waals surface area (Å²) in [6, 6.07) is 10.7. The molecule has 1 saturated heterocycles. The van der Waals surface area contributed by atoms with E-state index in [0.29, 0.717) is 54.1 Å². The minimum Gasteiger partial charge on any atom is -0.490 e. The van der Waals surface area contributed by atoms with Crippen molar-refractivity contribution in [2.45, 2.75) is 12.8 Å². The highest BCUT2D eigenvalue weighted by Gasteiger charge is 2.35. The van der Waals surface area contributed by atoms with Gasteiger partial charge in [-0.25, -0.2) is 0 Å². The standard InChI is InChI=1S/C21H20N2O6/c24-20-8-13(11-23(20)15-3-5-17-19(10-15)29-12-28-17)21(25)22-14-2-4-16-18(9-14)27-7-1-6-26-16/h2-5,9-10,13H,1,6-8,11-12H2,(H,22,25). The molecule has 1 N–H and O–H groups in total. The van der Waals surface area contributed by atoms with Crippen molar-refractivity contribution in [3.8, 4) is 23.0 Å². The van der Waals surface area contributed by atoms with Crippen LogP contribution in [0.1, 0.15) is 12.8 Å². The van der Waals surface area contributed by atoms with Crippen molar-refractivity contribution >= 4 is 23.2 Å². The van der Waals surface area contributed by atoms with Crippen molar-refractivity contribution in [3.63, 3.8) is 0 Å². The second-order valence-electron chi connectivity index (χ2n) is 7.14. The number of anilines is 2. The molecule has 0 saturated carbocycles. The summed E-state index contributed by atoms with van der Waals surface area (Å²) in [5, 5.41) is 2.89. The summed E-state index contributed by atoms with van der Waals surface area (Å²) in [6.45, 7) is 1.67. The number of carbonyl (C=O) groups is 2. The van der Waals surface area contributed by atoms with Crippen molar-refractivity contribution in [3.05, 3.63) is 36.4 Å². The Morgan fingerprint density at radius 3 is 2.55 bits per heavy atom. The van der Waals surface area contributed by atoms with Gasteiger partial charge in [-0.2, -0.15) is 0 Å². The maximum Gasteiger partial charge on any atom is 0.231 e. The summed E-state index contributed by atoms with van der Waals surface area (Å²) in [5.74, 6) is 1.82. The van der Waals surface area contributed by atoms with Gasteiger partial charge in [0.2, 0.25) is 18.6 Å². The van der Waals surface area contributed by atoms with E-state index in [1.54, 1.807) is 41.3 Å². The summed E-state index contributed by atoms with van der Waals surface area (Å²) in [4.78, 5) is 26.9. The van der Waals surface area contributed by atoms with Crippen molar-refractivity contribution in [1.29, 1.82) is 0 Å². The Balaban J connectivity index is 1.28. The minimum absolute atomic E-state index is 0.0947. The first-order chi connectivity index (χ1) is 14.2. The van der Waals surface area contributed by atoms with Gasteiger partial charge in [0.05, 0.1) is 19.1 Å². The normalized spacial score (nSPS) is 19.8. The molecule has 5 rings (SSSR count). The van der Waals surface area contributed by atoms with Crippen LogP contribution in [0.4, 0.5) is 11.4 Å². The molecule has 3 aliphatic heterocycles. The van der Waals surface area contributed by atoms with Gasteiger partial charge in [-0.3, -0.25) is 9.59 Å². The van der Waals surface area contributed by atoms with E-state index < -0.39 is 5.92 Å². The van der Waals surface area contributed by atoms with Crippen molar-refractivity contribution in [1.82, 2.24) is 0 Å². The minimum atomic E-state index is -0.441. The number of hydrogen-bond donors (Lipinski definition) is 1. The number of amides is 2. The lowest BCUT2D eigenvalue weighted by Crippen LogP contribution is -2.28. The lowest BCUT2D eigenvalue weighted by molar-refractivity contribution is -0.122. The maximum absolute atomic E-state index is 12.8. The predicted octanol–water partition coefficient (Wildman–Crippen LogP) is 2.57. The molecule has 3 aliphatic rings. The van der Waals surface area contributed by atoms with Crippen LogP contribution in [0.2, 0.25) is 0 Å². The molecule has 1 atom stereocenters. The van der Waals surface area contributed by atoms with E-state index in [2.05, 4.69) is 5.32 Å². The van der Waals surface area contributed by atoms with Crippen LogP contribution in [0.15, 0.2) is 36.4 Å². The third kappa shape index (κ3) is 3.41. The average Bonchev–Trinajstić information content (AvgIpc) is 3.27. The first-order valence-electron chi connectivity index (χ1n) is 9.58. The Hall–Kier alpha value is -3.42. The quantitative estimate of drug-likeness (QED) is 0.858. The monoisotopic (exact) mass is 396 g/mol. The van der Waals surface area contributed by atoms with Crippen LogP contribution in [-0.4, -0.2) is 38.4 Å². The lowest BCUT2D eigenvalue weighted by Gasteiger charge is -2.17. The summed E-state index contributed by atoms with van der Waals surface area (Å²) in [6.07, 6.45) is 0.973. The zero-order valence-corrected chi connectivity index (χ0v) is 15.7. The Morgan fingerprint density at radius 1 is 0.931 bits per heavy atom. The van der Waals surface area contributed by atoms with E-state index in [-0.39, 0.29) is 25.0 Å². The van der Waals surface area contributed by atoms with Crippen LogP contribution < -0.4 is 29.2 Å². The average molecular weight is 396 g/mol. The number of benzene rings is 2. The molecule has 8 nitrogen and oxygen atoms in total. The highest BCUT2D eigenvalue weighted by atomic mass is 16.7. The molecule has 0 radical (unpaired) electrons. The van der Waals surface area contributed by atoms with Crippen LogP contribution in [0.5, 0.6) is 23.0 Å². The Labute approximate surface area is 167 Å². The maximum atomic E-state index is 12.8. The van der Waals surface area contributed by atoms with Gasteiger partial charge < -0.3 is 29.2 Å². The SMILES string of the molecule is O=C(Nc1ccc2c(c1)OCCCO2)C1CC(=O)N(c2ccc3c(c2)OCO3)C1. The molecule has 0 aromatic heterocycles. The van der Waals surface area contributed by atoms with Gasteiger partial charge in [0, 0.05) is 42.9 Å². The summed E-state index contributed by atoms with van der Waals surface area (Å²) in [5.41, 5.74) is 1.32. The lowest BCUT2D eigenvalue weighted by atomic mass is 10.1. The zero-order valence-electron chi connectivity index (χ0n) is 15.7. The topological polar surface area (TPSA) is 86.3 Å². The molecule has 2 amide bonds. The highest BCUT2D eigenvalue weighted by Crippen LogP contribution is 2.37. The first-order valence-corrected chi connectivity index (χ1v) is 9.58. The van der Waals surface area contributed by atoms with Crippen LogP contribution in [0.25, 0.3) is 0 Å². The number of carbonyl (C=O) groups excluding carboxylic acids is 2. The summed E-state index contributed by atoms with van der Waals surface area (Å²) < 4.78 is 22.0. The summed E-state index contributed by atoms with van der Waals surface area (Å²) >= 11 is 0. The number of ether oxygens (including phenoxy) is 4. The van der Waals surface area contributed by atoms with Gasteiger partial charge in [0.1, 0.15) is 0 Å². The fraction of sp³-hybridized carbons (Fsp3) is 0.333. The van der Waals surface area contributed by atoms with Crippen LogP contribution in [0.3, 0.4) is 0 Å². The molecule has 2 aromatic rings. The summed E-state index contributed by atoms with van der Waals surface area (Å²) in [7, 11) is 0. The van der Waals surface area contributed by atoms with E-state index in [1.807, 2.05) is 0 Å². The molecular formula is C21H20N2O6. The third-order valence-electron chi connectivity index (χ3n) is 5.18. The second-order valence-corrected chi connectivity index (χ2v) is 7.14. The molecule has 29 heavy (non-hydrogen) atoms. The smallest absolute Gasteiger partial charge is 0.231 e. The van der Waals surface area contributed by atoms with Crippen LogP contribution in [0, 0.1) is 5.92 Å². The number of hydrogen-bond acceptors (Lipinski definition) is 6. The number of nitrogens with one attached hydrogen (secondary N) is 1. The van der Waals surface area contributed by atoms with Crippen molar-refractivity contribution < 1.29 is 28.5 Å². The number of fused-ring (bicyclic) bond motifs is 2. The zero-order chi connectivity index (χ0) is 19.8. The van der Waals surface area contributed by atoms with E-state index in [1.165, 1.54) is 0 Å². The fourth-order valence-electron chi connectivity index (χ4n) is 3.67. The van der Waals surface area contributed by atoms with Gasteiger partial charge in [-0.05, 0) is 24.3 Å². The van der Waals surface area contributed by atoms with Gasteiger partial charge >= 0.3 is 0 Å².